The highest BCUT2D eigenvalue weighted by Gasteiger charge is 2.13. The number of carbonyl (C=O) groups excluding carboxylic acids is 1. The van der Waals surface area contributed by atoms with E-state index in [0.717, 1.165) is 16.2 Å². The van der Waals surface area contributed by atoms with Gasteiger partial charge in [0, 0.05) is 12.6 Å². The van der Waals surface area contributed by atoms with Gasteiger partial charge in [0.2, 0.25) is 5.91 Å². The zero-order valence-electron chi connectivity index (χ0n) is 15.3. The Bertz CT molecular complexity index is 968. The molecule has 0 spiro atoms. The molecule has 1 aromatic heterocycles. The van der Waals surface area contributed by atoms with Crippen molar-refractivity contribution in [3.05, 3.63) is 55.1 Å². The summed E-state index contributed by atoms with van der Waals surface area (Å²) in [5.41, 5.74) is 2.53. The molecule has 0 saturated heterocycles. The summed E-state index contributed by atoms with van der Waals surface area (Å²) >= 11 is 1.39. The summed E-state index contributed by atoms with van der Waals surface area (Å²) in [4.78, 5) is 17.0. The lowest BCUT2D eigenvalue weighted by atomic mass is 10.2. The van der Waals surface area contributed by atoms with E-state index >= 15 is 0 Å². The van der Waals surface area contributed by atoms with E-state index in [4.69, 9.17) is 9.47 Å². The van der Waals surface area contributed by atoms with Crippen LogP contribution in [0.25, 0.3) is 11.0 Å². The fraction of sp³-hybridized carbons (Fsp3) is 0.200. The number of carbonyl (C=O) groups is 1. The molecule has 2 aromatic carbocycles. The lowest BCUT2D eigenvalue weighted by Crippen LogP contribution is -2.15. The van der Waals surface area contributed by atoms with Crippen molar-refractivity contribution in [3.63, 3.8) is 0 Å². The fourth-order valence-electron chi connectivity index (χ4n) is 2.69. The Labute approximate surface area is 162 Å². The van der Waals surface area contributed by atoms with E-state index in [-0.39, 0.29) is 11.7 Å². The molecule has 0 aliphatic rings. The second-order valence-electron chi connectivity index (χ2n) is 5.69. The number of anilines is 1. The van der Waals surface area contributed by atoms with Gasteiger partial charge >= 0.3 is 0 Å². The zero-order valence-corrected chi connectivity index (χ0v) is 16.1. The topological polar surface area (TPSA) is 65.4 Å². The Hall–Kier alpha value is -2.93. The molecule has 0 bridgehead atoms. The van der Waals surface area contributed by atoms with Crippen molar-refractivity contribution in [3.8, 4) is 11.5 Å². The van der Waals surface area contributed by atoms with Crippen molar-refractivity contribution < 1.29 is 14.3 Å². The molecule has 0 radical (unpaired) electrons. The first-order valence-corrected chi connectivity index (χ1v) is 9.35. The third kappa shape index (κ3) is 4.25. The normalized spacial score (nSPS) is 10.6. The number of methoxy groups -OCH3 is 2. The first-order chi connectivity index (χ1) is 13.2. The van der Waals surface area contributed by atoms with E-state index in [1.54, 1.807) is 32.4 Å². The minimum absolute atomic E-state index is 0.138. The Balaban J connectivity index is 1.72. The smallest absolute Gasteiger partial charge is 0.234 e. The molecule has 0 atom stereocenters. The van der Waals surface area contributed by atoms with Crippen LogP contribution in [0, 0.1) is 0 Å². The number of rotatable bonds is 8. The average Bonchev–Trinajstić information content (AvgIpc) is 3.04. The second kappa shape index (κ2) is 8.64. The highest BCUT2D eigenvalue weighted by Crippen LogP contribution is 2.29. The predicted octanol–water partition coefficient (Wildman–Crippen LogP) is 3.97. The highest BCUT2D eigenvalue weighted by atomic mass is 32.2. The number of nitrogens with one attached hydrogen (secondary N) is 1. The summed E-state index contributed by atoms with van der Waals surface area (Å²) in [6.45, 7) is 4.44. The molecule has 3 rings (SSSR count). The largest absolute Gasteiger partial charge is 0.497 e. The molecule has 0 aliphatic heterocycles. The van der Waals surface area contributed by atoms with Crippen molar-refractivity contribution in [1.82, 2.24) is 9.55 Å². The summed E-state index contributed by atoms with van der Waals surface area (Å²) < 4.78 is 12.5. The molecule has 27 heavy (non-hydrogen) atoms. The number of hydrogen-bond acceptors (Lipinski definition) is 5. The Morgan fingerprint density at radius 1 is 1.26 bits per heavy atom. The summed E-state index contributed by atoms with van der Waals surface area (Å²) in [6, 6.07) is 13.2. The monoisotopic (exact) mass is 383 g/mol. The molecule has 7 heteroatoms. The number of allylic oxidation sites excluding steroid dienone is 1. The summed E-state index contributed by atoms with van der Waals surface area (Å²) in [6.07, 6.45) is 1.82. The number of aromatic nitrogens is 2. The van der Waals surface area contributed by atoms with Gasteiger partial charge in [-0.15, -0.1) is 6.58 Å². The number of thioether (sulfide) groups is 1. The van der Waals surface area contributed by atoms with Crippen LogP contribution < -0.4 is 14.8 Å². The van der Waals surface area contributed by atoms with Crippen LogP contribution in [0.3, 0.4) is 0 Å². The Morgan fingerprint density at radius 2 is 2.07 bits per heavy atom. The maximum Gasteiger partial charge on any atom is 0.234 e. The molecule has 1 amide bonds. The van der Waals surface area contributed by atoms with Gasteiger partial charge in [0.05, 0.1) is 36.7 Å². The van der Waals surface area contributed by atoms with Gasteiger partial charge in [-0.3, -0.25) is 4.79 Å². The van der Waals surface area contributed by atoms with Crippen molar-refractivity contribution in [2.75, 3.05) is 25.3 Å². The predicted molar refractivity (Wildman–Crippen MR) is 109 cm³/mol. The third-order valence-electron chi connectivity index (χ3n) is 3.95. The zero-order chi connectivity index (χ0) is 19.2. The van der Waals surface area contributed by atoms with Gasteiger partial charge in [-0.2, -0.15) is 0 Å². The summed E-state index contributed by atoms with van der Waals surface area (Å²) in [7, 11) is 3.13. The molecule has 6 nitrogen and oxygen atoms in total. The lowest BCUT2D eigenvalue weighted by molar-refractivity contribution is -0.113. The molecule has 0 unspecified atom stereocenters. The Morgan fingerprint density at radius 3 is 2.81 bits per heavy atom. The number of fused-ring (bicyclic) bond motifs is 1. The van der Waals surface area contributed by atoms with E-state index in [9.17, 15) is 4.79 Å². The quantitative estimate of drug-likeness (QED) is 0.471. The van der Waals surface area contributed by atoms with Crippen LogP contribution in [0.5, 0.6) is 11.5 Å². The van der Waals surface area contributed by atoms with Gasteiger partial charge in [-0.05, 0) is 24.3 Å². The van der Waals surface area contributed by atoms with Crippen LogP contribution in [-0.4, -0.2) is 35.4 Å². The average molecular weight is 383 g/mol. The molecular formula is C20H21N3O3S. The van der Waals surface area contributed by atoms with Crippen LogP contribution in [0.2, 0.25) is 0 Å². The SMILES string of the molecule is C=CCn1c(SCC(=O)Nc2ccc(OC)cc2OC)nc2ccccc21. The number of amides is 1. The van der Waals surface area contributed by atoms with Crippen LogP contribution >= 0.6 is 11.8 Å². The van der Waals surface area contributed by atoms with Crippen molar-refractivity contribution >= 4 is 34.4 Å². The standard InChI is InChI=1S/C20H21N3O3S/c1-4-11-23-17-8-6-5-7-15(17)22-20(23)27-13-19(24)21-16-10-9-14(25-2)12-18(16)26-3/h4-10,12H,1,11,13H2,2-3H3,(H,21,24). The van der Waals surface area contributed by atoms with Crippen molar-refractivity contribution in [2.45, 2.75) is 11.7 Å². The molecular weight excluding hydrogens is 362 g/mol. The van der Waals surface area contributed by atoms with Gasteiger partial charge in [-0.1, -0.05) is 30.0 Å². The Kier molecular flexibility index (Phi) is 6.03. The maximum absolute atomic E-state index is 12.4. The van der Waals surface area contributed by atoms with Crippen LogP contribution in [-0.2, 0) is 11.3 Å². The summed E-state index contributed by atoms with van der Waals surface area (Å²) in [5.74, 6) is 1.31. The minimum Gasteiger partial charge on any atom is -0.497 e. The van der Waals surface area contributed by atoms with E-state index in [0.29, 0.717) is 23.7 Å². The molecule has 0 aliphatic carbocycles. The van der Waals surface area contributed by atoms with E-state index in [1.165, 1.54) is 11.8 Å². The highest BCUT2D eigenvalue weighted by molar-refractivity contribution is 7.99. The second-order valence-corrected chi connectivity index (χ2v) is 6.63. The minimum atomic E-state index is -0.138. The number of imidazole rings is 1. The van der Waals surface area contributed by atoms with E-state index in [2.05, 4.69) is 16.9 Å². The number of para-hydroxylation sites is 2. The van der Waals surface area contributed by atoms with E-state index in [1.807, 2.05) is 34.9 Å². The molecule has 0 saturated carbocycles. The molecule has 3 aromatic rings. The number of benzene rings is 2. The molecule has 1 heterocycles. The number of nitrogens with zero attached hydrogens (tertiary/aromatic N) is 2. The van der Waals surface area contributed by atoms with Gasteiger partial charge < -0.3 is 19.4 Å². The van der Waals surface area contributed by atoms with Gasteiger partial charge in [0.15, 0.2) is 5.16 Å². The maximum atomic E-state index is 12.4. The third-order valence-corrected chi connectivity index (χ3v) is 4.92. The van der Waals surface area contributed by atoms with Crippen molar-refractivity contribution in [2.24, 2.45) is 0 Å². The molecule has 1 N–H and O–H groups in total. The van der Waals surface area contributed by atoms with Gasteiger partial charge in [-0.25, -0.2) is 4.98 Å². The first-order valence-electron chi connectivity index (χ1n) is 8.37. The fourth-order valence-corrected chi connectivity index (χ4v) is 3.51. The van der Waals surface area contributed by atoms with Gasteiger partial charge in [0.25, 0.3) is 0 Å². The van der Waals surface area contributed by atoms with Crippen LogP contribution in [0.4, 0.5) is 5.69 Å². The van der Waals surface area contributed by atoms with Crippen LogP contribution in [0.15, 0.2) is 60.3 Å². The number of ether oxygens (including phenoxy) is 2. The number of hydrogen-bond donors (Lipinski definition) is 1. The molecule has 0 fully saturated rings. The van der Waals surface area contributed by atoms with Gasteiger partial charge in [0.1, 0.15) is 11.5 Å². The summed E-state index contributed by atoms with van der Waals surface area (Å²) in [5, 5.41) is 3.66. The van der Waals surface area contributed by atoms with Crippen molar-refractivity contribution in [1.29, 1.82) is 0 Å². The van der Waals surface area contributed by atoms with E-state index < -0.39 is 0 Å². The first kappa shape index (κ1) is 18.8. The lowest BCUT2D eigenvalue weighted by Gasteiger charge is -2.11. The molecule has 140 valence electrons. The van der Waals surface area contributed by atoms with Crippen LogP contribution in [0.1, 0.15) is 0 Å².